The molecular weight excluding hydrogens is 432 g/mol. The van der Waals surface area contributed by atoms with Crippen molar-refractivity contribution in [3.63, 3.8) is 0 Å². The Bertz CT molecular complexity index is 961. The van der Waals surface area contributed by atoms with Crippen molar-refractivity contribution in [2.24, 2.45) is 0 Å². The van der Waals surface area contributed by atoms with Gasteiger partial charge in [-0.15, -0.1) is 0 Å². The minimum absolute atomic E-state index is 0.0529. The molecule has 2 aromatic rings. The molecule has 2 aromatic carbocycles. The van der Waals surface area contributed by atoms with Crippen LogP contribution in [0.3, 0.4) is 0 Å². The summed E-state index contributed by atoms with van der Waals surface area (Å²) in [6.07, 6.45) is 0. The molecule has 0 saturated heterocycles. The van der Waals surface area contributed by atoms with E-state index in [1.165, 1.54) is 38.5 Å². The van der Waals surface area contributed by atoms with Crippen LogP contribution in [0, 0.1) is 0 Å². The fourth-order valence-electron chi connectivity index (χ4n) is 2.42. The maximum atomic E-state index is 12.4. The lowest BCUT2D eigenvalue weighted by Gasteiger charge is -2.12. The Labute approximate surface area is 183 Å². The Hall–Kier alpha value is -3.17. The van der Waals surface area contributed by atoms with Gasteiger partial charge in [0.1, 0.15) is 5.75 Å². The number of hydrogen-bond acceptors (Lipinski definition) is 7. The molecule has 0 aromatic heterocycles. The van der Waals surface area contributed by atoms with Crippen LogP contribution in [0.5, 0.6) is 5.75 Å². The molecular formula is C20H19ClN2O6S. The van der Waals surface area contributed by atoms with E-state index in [0.717, 1.165) is 0 Å². The van der Waals surface area contributed by atoms with Crippen LogP contribution >= 0.6 is 23.8 Å². The third-order valence-electron chi connectivity index (χ3n) is 3.75. The number of nitrogens with one attached hydrogen (secondary N) is 2. The summed E-state index contributed by atoms with van der Waals surface area (Å²) in [6.45, 7) is 2.26. The number of rotatable bonds is 6. The van der Waals surface area contributed by atoms with Crippen LogP contribution in [0.1, 0.15) is 38.0 Å². The fourth-order valence-corrected chi connectivity index (χ4v) is 2.87. The lowest BCUT2D eigenvalue weighted by molar-refractivity contribution is 0.0599. The minimum Gasteiger partial charge on any atom is -0.492 e. The second-order valence-electron chi connectivity index (χ2n) is 5.77. The summed E-state index contributed by atoms with van der Waals surface area (Å²) in [4.78, 5) is 36.1. The monoisotopic (exact) mass is 450 g/mol. The average molecular weight is 451 g/mol. The van der Waals surface area contributed by atoms with Gasteiger partial charge in [-0.05, 0) is 55.5 Å². The Morgan fingerprint density at radius 3 is 2.07 bits per heavy atom. The molecule has 10 heteroatoms. The van der Waals surface area contributed by atoms with Gasteiger partial charge in [0.15, 0.2) is 5.11 Å². The van der Waals surface area contributed by atoms with E-state index in [0.29, 0.717) is 12.4 Å². The van der Waals surface area contributed by atoms with Crippen molar-refractivity contribution in [2.45, 2.75) is 6.92 Å². The third-order valence-corrected chi connectivity index (χ3v) is 4.25. The Morgan fingerprint density at radius 1 is 0.967 bits per heavy atom. The highest BCUT2D eigenvalue weighted by Gasteiger charge is 2.16. The third kappa shape index (κ3) is 5.91. The average Bonchev–Trinajstić information content (AvgIpc) is 2.73. The Morgan fingerprint density at radius 2 is 1.57 bits per heavy atom. The molecule has 158 valence electrons. The molecule has 0 aliphatic rings. The molecule has 8 nitrogen and oxygen atoms in total. The van der Waals surface area contributed by atoms with Gasteiger partial charge in [0.25, 0.3) is 5.91 Å². The van der Waals surface area contributed by atoms with E-state index in [1.54, 1.807) is 12.1 Å². The number of carbonyl (C=O) groups is 3. The van der Waals surface area contributed by atoms with E-state index in [2.05, 4.69) is 20.1 Å². The van der Waals surface area contributed by atoms with Gasteiger partial charge in [-0.25, -0.2) is 9.59 Å². The van der Waals surface area contributed by atoms with Crippen molar-refractivity contribution in [3.8, 4) is 5.75 Å². The zero-order valence-electron chi connectivity index (χ0n) is 16.4. The second kappa shape index (κ2) is 10.6. The zero-order chi connectivity index (χ0) is 22.3. The van der Waals surface area contributed by atoms with Gasteiger partial charge < -0.3 is 19.5 Å². The van der Waals surface area contributed by atoms with Crippen LogP contribution in [0.2, 0.25) is 5.02 Å². The van der Waals surface area contributed by atoms with Crippen LogP contribution in [0.25, 0.3) is 0 Å². The van der Waals surface area contributed by atoms with E-state index in [1.807, 2.05) is 6.92 Å². The van der Waals surface area contributed by atoms with Crippen LogP contribution in [0.4, 0.5) is 5.69 Å². The van der Waals surface area contributed by atoms with E-state index in [-0.39, 0.29) is 32.5 Å². The van der Waals surface area contributed by atoms with E-state index < -0.39 is 17.8 Å². The van der Waals surface area contributed by atoms with Crippen molar-refractivity contribution in [3.05, 3.63) is 58.1 Å². The molecule has 1 amide bonds. The minimum atomic E-state index is -0.650. The fraction of sp³-hybridized carbons (Fsp3) is 0.200. The second-order valence-corrected chi connectivity index (χ2v) is 6.58. The predicted molar refractivity (Wildman–Crippen MR) is 115 cm³/mol. The first-order valence-corrected chi connectivity index (χ1v) is 9.44. The van der Waals surface area contributed by atoms with Gasteiger partial charge in [0.05, 0.1) is 37.0 Å². The maximum Gasteiger partial charge on any atom is 0.337 e. The summed E-state index contributed by atoms with van der Waals surface area (Å²) in [5, 5.41) is 5.49. The summed E-state index contributed by atoms with van der Waals surface area (Å²) in [5.74, 6) is -1.34. The molecule has 0 radical (unpaired) electrons. The molecule has 2 N–H and O–H groups in total. The molecule has 0 atom stereocenters. The highest BCUT2D eigenvalue weighted by Crippen LogP contribution is 2.25. The van der Waals surface area contributed by atoms with Crippen LogP contribution in [0.15, 0.2) is 36.4 Å². The molecule has 0 bridgehead atoms. The van der Waals surface area contributed by atoms with Crippen molar-refractivity contribution < 1.29 is 28.6 Å². The molecule has 2 rings (SSSR count). The van der Waals surface area contributed by atoms with Crippen molar-refractivity contribution in [2.75, 3.05) is 26.1 Å². The first kappa shape index (κ1) is 23.1. The van der Waals surface area contributed by atoms with Gasteiger partial charge in [-0.1, -0.05) is 11.6 Å². The van der Waals surface area contributed by atoms with Gasteiger partial charge in [-0.3, -0.25) is 10.1 Å². The molecule has 0 fully saturated rings. The first-order chi connectivity index (χ1) is 14.3. The van der Waals surface area contributed by atoms with Crippen LogP contribution < -0.4 is 15.4 Å². The van der Waals surface area contributed by atoms with E-state index in [4.69, 9.17) is 28.6 Å². The van der Waals surface area contributed by atoms with Crippen LogP contribution in [-0.2, 0) is 9.47 Å². The number of amides is 1. The highest BCUT2D eigenvalue weighted by molar-refractivity contribution is 7.80. The number of halogens is 1. The van der Waals surface area contributed by atoms with Crippen LogP contribution in [-0.4, -0.2) is 43.8 Å². The number of esters is 2. The normalized spacial score (nSPS) is 10.0. The quantitative estimate of drug-likeness (QED) is 0.509. The van der Waals surface area contributed by atoms with Gasteiger partial charge in [0, 0.05) is 11.3 Å². The number of methoxy groups -OCH3 is 2. The number of ether oxygens (including phenoxy) is 3. The molecule has 0 aliphatic heterocycles. The van der Waals surface area contributed by atoms with Crippen molar-refractivity contribution in [1.29, 1.82) is 0 Å². The van der Waals surface area contributed by atoms with Gasteiger partial charge >= 0.3 is 11.9 Å². The van der Waals surface area contributed by atoms with E-state index in [9.17, 15) is 14.4 Å². The Balaban J connectivity index is 2.17. The number of thiocarbonyl (C=S) groups is 1. The number of anilines is 1. The molecule has 0 heterocycles. The smallest absolute Gasteiger partial charge is 0.337 e. The number of benzene rings is 2. The Kier molecular flexibility index (Phi) is 8.14. The SMILES string of the molecule is CCOc1ccc(C(=O)NC(=S)Nc2cc(C(=O)OC)cc(C(=O)OC)c2)cc1Cl. The molecule has 0 spiro atoms. The van der Waals surface area contributed by atoms with Crippen molar-refractivity contribution >= 4 is 52.5 Å². The summed E-state index contributed by atoms with van der Waals surface area (Å²) < 4.78 is 14.7. The molecule has 0 aliphatic carbocycles. The largest absolute Gasteiger partial charge is 0.492 e. The van der Waals surface area contributed by atoms with Gasteiger partial charge in [0.2, 0.25) is 0 Å². The molecule has 0 unspecified atom stereocenters. The summed E-state index contributed by atoms with van der Waals surface area (Å²) in [5.41, 5.74) is 0.769. The lowest BCUT2D eigenvalue weighted by atomic mass is 10.1. The first-order valence-electron chi connectivity index (χ1n) is 8.65. The summed E-state index contributed by atoms with van der Waals surface area (Å²) in [6, 6.07) is 8.75. The lowest BCUT2D eigenvalue weighted by Crippen LogP contribution is -2.34. The highest BCUT2D eigenvalue weighted by atomic mass is 35.5. The standard InChI is InChI=1S/C20H19ClN2O6S/c1-4-29-16-6-5-11(10-15(16)21)17(24)23-20(30)22-14-8-12(18(25)27-2)7-13(9-14)19(26)28-3/h5-10H,4H2,1-3H3,(H2,22,23,24,30). The topological polar surface area (TPSA) is 103 Å². The zero-order valence-corrected chi connectivity index (χ0v) is 18.0. The van der Waals surface area contributed by atoms with Gasteiger partial charge in [-0.2, -0.15) is 0 Å². The number of hydrogen-bond donors (Lipinski definition) is 2. The molecule has 30 heavy (non-hydrogen) atoms. The van der Waals surface area contributed by atoms with E-state index >= 15 is 0 Å². The van der Waals surface area contributed by atoms with Crippen molar-refractivity contribution in [1.82, 2.24) is 5.32 Å². The summed E-state index contributed by atoms with van der Waals surface area (Å²) in [7, 11) is 2.43. The predicted octanol–water partition coefficient (Wildman–Crippen LogP) is 3.44. The molecule has 0 saturated carbocycles. The number of carbonyl (C=O) groups excluding carboxylic acids is 3. The maximum absolute atomic E-state index is 12.4. The summed E-state index contributed by atoms with van der Waals surface area (Å²) >= 11 is 11.3.